The molecule has 1 aromatic rings. The van der Waals surface area contributed by atoms with Crippen molar-refractivity contribution in [1.29, 1.82) is 0 Å². The molecule has 1 aliphatic rings. The Labute approximate surface area is 141 Å². The van der Waals surface area contributed by atoms with Gasteiger partial charge >= 0.3 is 0 Å². The second-order valence-electron chi connectivity index (χ2n) is 6.52. The summed E-state index contributed by atoms with van der Waals surface area (Å²) in [5.74, 6) is -0.00422. The second-order valence-corrected chi connectivity index (χ2v) is 6.52. The lowest BCUT2D eigenvalue weighted by Gasteiger charge is -2.33. The van der Waals surface area contributed by atoms with Gasteiger partial charge in [0.05, 0.1) is 17.8 Å². The fourth-order valence-corrected chi connectivity index (χ4v) is 2.73. The normalized spacial score (nSPS) is 17.9. The first-order chi connectivity index (χ1) is 11.4. The van der Waals surface area contributed by atoms with Gasteiger partial charge in [0.2, 0.25) is 17.7 Å². The smallest absolute Gasteiger partial charge is 0.241 e. The molecule has 0 saturated carbocycles. The van der Waals surface area contributed by atoms with Crippen LogP contribution in [0.4, 0.5) is 5.69 Å². The number of likely N-dealkylation sites (N-methyl/N-ethyl adjacent to an activating group) is 1. The number of piperidine rings is 1. The Hall–Kier alpha value is -2.38. The fourth-order valence-electron chi connectivity index (χ4n) is 2.73. The standard InChI is InChI=1S/C16H25N5O3/c1-11(2)7-20-8-12(4-5-15(20)23)16(24)19-13-6-18-21(9-13)10-14(22)17-3/h6,9,11-12H,4-5,7-8,10H2,1-3H3,(H,17,22)(H,19,24). The van der Waals surface area contributed by atoms with Gasteiger partial charge in [-0.3, -0.25) is 19.1 Å². The maximum atomic E-state index is 12.4. The molecular weight excluding hydrogens is 310 g/mol. The summed E-state index contributed by atoms with van der Waals surface area (Å²) in [6.07, 6.45) is 4.10. The molecule has 132 valence electrons. The predicted octanol–water partition coefficient (Wildman–Crippen LogP) is 0.462. The van der Waals surface area contributed by atoms with Crippen LogP contribution in [-0.4, -0.2) is 52.5 Å². The number of nitrogens with zero attached hydrogens (tertiary/aromatic N) is 3. The van der Waals surface area contributed by atoms with Gasteiger partial charge in [0.25, 0.3) is 0 Å². The average Bonchev–Trinajstić information content (AvgIpc) is 2.95. The molecule has 0 aliphatic carbocycles. The molecule has 1 atom stereocenters. The van der Waals surface area contributed by atoms with Crippen LogP contribution in [0.1, 0.15) is 26.7 Å². The zero-order valence-electron chi connectivity index (χ0n) is 14.4. The summed E-state index contributed by atoms with van der Waals surface area (Å²) in [4.78, 5) is 37.5. The zero-order valence-corrected chi connectivity index (χ0v) is 14.4. The zero-order chi connectivity index (χ0) is 17.7. The first-order valence-corrected chi connectivity index (χ1v) is 8.20. The van der Waals surface area contributed by atoms with Gasteiger partial charge in [-0.15, -0.1) is 0 Å². The Kier molecular flexibility index (Phi) is 5.94. The van der Waals surface area contributed by atoms with E-state index in [4.69, 9.17) is 0 Å². The highest BCUT2D eigenvalue weighted by molar-refractivity contribution is 5.93. The van der Waals surface area contributed by atoms with E-state index in [0.29, 0.717) is 37.5 Å². The van der Waals surface area contributed by atoms with Crippen LogP contribution in [0.3, 0.4) is 0 Å². The Morgan fingerprint density at radius 1 is 1.42 bits per heavy atom. The van der Waals surface area contributed by atoms with Crippen LogP contribution in [0.15, 0.2) is 12.4 Å². The molecule has 2 N–H and O–H groups in total. The second kappa shape index (κ2) is 7.94. The van der Waals surface area contributed by atoms with Crippen molar-refractivity contribution < 1.29 is 14.4 Å². The van der Waals surface area contributed by atoms with E-state index in [1.165, 1.54) is 10.9 Å². The summed E-state index contributed by atoms with van der Waals surface area (Å²) >= 11 is 0. The summed E-state index contributed by atoms with van der Waals surface area (Å²) in [6.45, 7) is 5.34. The van der Waals surface area contributed by atoms with E-state index in [1.807, 2.05) is 0 Å². The summed E-state index contributed by atoms with van der Waals surface area (Å²) in [6, 6.07) is 0. The number of anilines is 1. The number of hydrogen-bond donors (Lipinski definition) is 2. The molecule has 0 bridgehead atoms. The number of carbonyl (C=O) groups is 3. The largest absolute Gasteiger partial charge is 0.358 e. The van der Waals surface area contributed by atoms with E-state index in [1.54, 1.807) is 18.1 Å². The van der Waals surface area contributed by atoms with Crippen molar-refractivity contribution in [3.8, 4) is 0 Å². The number of aromatic nitrogens is 2. The Balaban J connectivity index is 1.92. The quantitative estimate of drug-likeness (QED) is 0.789. The summed E-state index contributed by atoms with van der Waals surface area (Å²) in [7, 11) is 1.56. The molecule has 1 unspecified atom stereocenters. The van der Waals surface area contributed by atoms with Crippen molar-refractivity contribution in [3.63, 3.8) is 0 Å². The lowest BCUT2D eigenvalue weighted by atomic mass is 9.96. The van der Waals surface area contributed by atoms with Gasteiger partial charge in [-0.25, -0.2) is 0 Å². The monoisotopic (exact) mass is 335 g/mol. The van der Waals surface area contributed by atoms with E-state index in [2.05, 4.69) is 29.6 Å². The Bertz CT molecular complexity index is 611. The molecule has 1 aliphatic heterocycles. The van der Waals surface area contributed by atoms with Gasteiger partial charge in [0.1, 0.15) is 6.54 Å². The number of hydrogen-bond acceptors (Lipinski definition) is 4. The highest BCUT2D eigenvalue weighted by atomic mass is 16.2. The molecule has 0 spiro atoms. The first-order valence-electron chi connectivity index (χ1n) is 8.20. The lowest BCUT2D eigenvalue weighted by Crippen LogP contribution is -2.45. The maximum Gasteiger partial charge on any atom is 0.241 e. The molecule has 8 nitrogen and oxygen atoms in total. The third-order valence-corrected chi connectivity index (χ3v) is 3.94. The molecule has 1 fully saturated rings. The highest BCUT2D eigenvalue weighted by Gasteiger charge is 2.30. The van der Waals surface area contributed by atoms with Gasteiger partial charge in [0.15, 0.2) is 0 Å². The molecule has 24 heavy (non-hydrogen) atoms. The molecule has 1 saturated heterocycles. The Morgan fingerprint density at radius 2 is 2.17 bits per heavy atom. The van der Waals surface area contributed by atoms with Crippen LogP contribution in [0.5, 0.6) is 0 Å². The van der Waals surface area contributed by atoms with Crippen LogP contribution in [0.25, 0.3) is 0 Å². The van der Waals surface area contributed by atoms with Gasteiger partial charge in [-0.2, -0.15) is 5.10 Å². The van der Waals surface area contributed by atoms with Crippen LogP contribution in [0, 0.1) is 11.8 Å². The van der Waals surface area contributed by atoms with Crippen molar-refractivity contribution in [2.24, 2.45) is 11.8 Å². The number of likely N-dealkylation sites (tertiary alicyclic amines) is 1. The summed E-state index contributed by atoms with van der Waals surface area (Å²) < 4.78 is 1.46. The molecule has 3 amide bonds. The van der Waals surface area contributed by atoms with Gasteiger partial charge in [0, 0.05) is 32.8 Å². The molecule has 2 rings (SSSR count). The van der Waals surface area contributed by atoms with Crippen molar-refractivity contribution >= 4 is 23.4 Å². The average molecular weight is 335 g/mol. The van der Waals surface area contributed by atoms with Crippen LogP contribution >= 0.6 is 0 Å². The minimum atomic E-state index is -0.219. The van der Waals surface area contributed by atoms with E-state index in [0.717, 1.165) is 0 Å². The topological polar surface area (TPSA) is 96.3 Å². The SMILES string of the molecule is CNC(=O)Cn1cc(NC(=O)C2CCC(=O)N(CC(C)C)C2)cn1. The maximum absolute atomic E-state index is 12.4. The molecule has 0 radical (unpaired) electrons. The predicted molar refractivity (Wildman–Crippen MR) is 89.1 cm³/mol. The molecule has 8 heteroatoms. The highest BCUT2D eigenvalue weighted by Crippen LogP contribution is 2.20. The molecular formula is C16H25N5O3. The lowest BCUT2D eigenvalue weighted by molar-refractivity contribution is -0.137. The van der Waals surface area contributed by atoms with Crippen molar-refractivity contribution in [2.75, 3.05) is 25.5 Å². The van der Waals surface area contributed by atoms with E-state index in [9.17, 15) is 14.4 Å². The van der Waals surface area contributed by atoms with Gasteiger partial charge in [-0.1, -0.05) is 13.8 Å². The first kappa shape index (κ1) is 18.0. The van der Waals surface area contributed by atoms with Crippen molar-refractivity contribution in [2.45, 2.75) is 33.2 Å². The Morgan fingerprint density at radius 3 is 2.83 bits per heavy atom. The van der Waals surface area contributed by atoms with Gasteiger partial charge < -0.3 is 15.5 Å². The van der Waals surface area contributed by atoms with E-state index >= 15 is 0 Å². The van der Waals surface area contributed by atoms with Crippen molar-refractivity contribution in [1.82, 2.24) is 20.0 Å². The summed E-state index contributed by atoms with van der Waals surface area (Å²) in [5.41, 5.74) is 0.552. The summed E-state index contributed by atoms with van der Waals surface area (Å²) in [5, 5.41) is 9.38. The number of nitrogens with one attached hydrogen (secondary N) is 2. The fraction of sp³-hybridized carbons (Fsp3) is 0.625. The number of carbonyl (C=O) groups excluding carboxylic acids is 3. The third-order valence-electron chi connectivity index (χ3n) is 3.94. The van der Waals surface area contributed by atoms with Crippen molar-refractivity contribution in [3.05, 3.63) is 12.4 Å². The van der Waals surface area contributed by atoms with Gasteiger partial charge in [-0.05, 0) is 12.3 Å². The van der Waals surface area contributed by atoms with E-state index in [-0.39, 0.29) is 30.2 Å². The minimum Gasteiger partial charge on any atom is -0.358 e. The minimum absolute atomic E-state index is 0.104. The molecule has 0 aromatic carbocycles. The number of amides is 3. The molecule has 1 aromatic heterocycles. The van der Waals surface area contributed by atoms with Crippen LogP contribution < -0.4 is 10.6 Å². The third kappa shape index (κ3) is 4.81. The van der Waals surface area contributed by atoms with E-state index < -0.39 is 0 Å². The molecule has 2 heterocycles. The number of rotatable bonds is 6. The van der Waals surface area contributed by atoms with Crippen LogP contribution in [0.2, 0.25) is 0 Å². The van der Waals surface area contributed by atoms with Crippen LogP contribution in [-0.2, 0) is 20.9 Å².